The second-order valence-electron chi connectivity index (χ2n) is 5.19. The summed E-state index contributed by atoms with van der Waals surface area (Å²) >= 11 is 0. The summed E-state index contributed by atoms with van der Waals surface area (Å²) < 4.78 is 0. The van der Waals surface area contributed by atoms with Crippen molar-refractivity contribution in [1.82, 2.24) is 15.6 Å². The van der Waals surface area contributed by atoms with Crippen molar-refractivity contribution < 1.29 is 4.79 Å². The molecular formula is C14H21N3O. The Bertz CT molecular complexity index is 399. The molecule has 0 saturated carbocycles. The number of nitrogens with one attached hydrogen (secondary N) is 2. The first-order valence-corrected chi connectivity index (χ1v) is 6.58. The van der Waals surface area contributed by atoms with E-state index in [1.165, 1.54) is 0 Å². The van der Waals surface area contributed by atoms with E-state index in [2.05, 4.69) is 15.6 Å². The molecule has 1 amide bonds. The molecule has 2 N–H and O–H groups in total. The zero-order chi connectivity index (χ0) is 13.0. The van der Waals surface area contributed by atoms with E-state index >= 15 is 0 Å². The Kier molecular flexibility index (Phi) is 3.97. The lowest BCUT2D eigenvalue weighted by Gasteiger charge is -2.34. The number of hydrogen-bond acceptors (Lipinski definition) is 3. The highest BCUT2D eigenvalue weighted by molar-refractivity contribution is 5.86. The molecule has 0 aliphatic carbocycles. The minimum absolute atomic E-state index is 0.0149. The Morgan fingerprint density at radius 2 is 2.17 bits per heavy atom. The molecule has 2 heterocycles. The highest BCUT2D eigenvalue weighted by Crippen LogP contribution is 2.20. The van der Waals surface area contributed by atoms with Gasteiger partial charge in [0.05, 0.1) is 11.6 Å². The minimum atomic E-state index is -0.417. The highest BCUT2D eigenvalue weighted by Gasteiger charge is 2.34. The van der Waals surface area contributed by atoms with E-state index in [0.29, 0.717) is 0 Å². The van der Waals surface area contributed by atoms with E-state index in [-0.39, 0.29) is 11.9 Å². The van der Waals surface area contributed by atoms with E-state index in [9.17, 15) is 4.79 Å². The predicted octanol–water partition coefficient (Wildman–Crippen LogP) is 1.79. The van der Waals surface area contributed by atoms with Crippen LogP contribution in [-0.4, -0.2) is 23.0 Å². The molecular weight excluding hydrogens is 226 g/mol. The minimum Gasteiger partial charge on any atom is -0.348 e. The maximum atomic E-state index is 12.3. The van der Waals surface area contributed by atoms with Crippen LogP contribution in [0.5, 0.6) is 0 Å². The Hall–Kier alpha value is -1.42. The average molecular weight is 247 g/mol. The summed E-state index contributed by atoms with van der Waals surface area (Å²) in [6.45, 7) is 4.91. The molecule has 0 bridgehead atoms. The first-order valence-electron chi connectivity index (χ1n) is 6.58. The molecule has 2 rings (SSSR count). The van der Waals surface area contributed by atoms with Gasteiger partial charge >= 0.3 is 0 Å². The summed E-state index contributed by atoms with van der Waals surface area (Å²) in [6, 6.07) is 3.88. The van der Waals surface area contributed by atoms with Gasteiger partial charge in [-0.25, -0.2) is 0 Å². The van der Waals surface area contributed by atoms with Crippen LogP contribution in [0.15, 0.2) is 24.5 Å². The number of amides is 1. The number of hydrogen-bond donors (Lipinski definition) is 2. The number of rotatable bonds is 3. The molecule has 1 aliphatic heterocycles. The highest BCUT2D eigenvalue weighted by atomic mass is 16.2. The number of pyridine rings is 1. The van der Waals surface area contributed by atoms with Gasteiger partial charge in [0.25, 0.3) is 0 Å². The fraction of sp³-hybridized carbons (Fsp3) is 0.571. The maximum Gasteiger partial charge on any atom is 0.240 e. The molecule has 1 aliphatic rings. The van der Waals surface area contributed by atoms with E-state index in [1.807, 2.05) is 26.0 Å². The third kappa shape index (κ3) is 2.88. The predicted molar refractivity (Wildman–Crippen MR) is 71.1 cm³/mol. The second-order valence-corrected chi connectivity index (χ2v) is 5.19. The third-order valence-corrected chi connectivity index (χ3v) is 3.67. The molecule has 18 heavy (non-hydrogen) atoms. The van der Waals surface area contributed by atoms with E-state index in [0.717, 1.165) is 31.4 Å². The van der Waals surface area contributed by atoms with Crippen LogP contribution in [0.1, 0.15) is 44.7 Å². The molecule has 1 unspecified atom stereocenters. The number of aromatic nitrogens is 1. The van der Waals surface area contributed by atoms with Gasteiger partial charge in [-0.15, -0.1) is 0 Å². The Morgan fingerprint density at radius 1 is 1.44 bits per heavy atom. The molecule has 1 aromatic rings. The summed E-state index contributed by atoms with van der Waals surface area (Å²) in [5, 5.41) is 6.40. The molecule has 0 spiro atoms. The standard InChI is InChI=1S/C14H21N3O/c1-11(12-5-9-15-10-6-12)17-13(18)14(2)7-3-4-8-16-14/h5-6,9-11,16H,3-4,7-8H2,1-2H3,(H,17,18)/t11-,14?/m0/s1. The van der Waals surface area contributed by atoms with Gasteiger partial charge in [0.15, 0.2) is 0 Å². The summed E-state index contributed by atoms with van der Waals surface area (Å²) in [7, 11) is 0. The van der Waals surface area contributed by atoms with Crippen molar-refractivity contribution in [3.05, 3.63) is 30.1 Å². The van der Waals surface area contributed by atoms with E-state index in [1.54, 1.807) is 12.4 Å². The van der Waals surface area contributed by atoms with Gasteiger partial charge in [-0.2, -0.15) is 0 Å². The van der Waals surface area contributed by atoms with E-state index < -0.39 is 5.54 Å². The normalized spacial score (nSPS) is 25.4. The molecule has 1 saturated heterocycles. The van der Waals surface area contributed by atoms with Crippen LogP contribution in [0.25, 0.3) is 0 Å². The fourth-order valence-electron chi connectivity index (χ4n) is 2.34. The fourth-order valence-corrected chi connectivity index (χ4v) is 2.34. The van der Waals surface area contributed by atoms with Crippen molar-refractivity contribution in [1.29, 1.82) is 0 Å². The van der Waals surface area contributed by atoms with Gasteiger partial charge in [0.2, 0.25) is 5.91 Å². The number of carbonyl (C=O) groups is 1. The first kappa shape index (κ1) is 13.0. The third-order valence-electron chi connectivity index (χ3n) is 3.67. The van der Waals surface area contributed by atoms with Crippen molar-refractivity contribution in [2.75, 3.05) is 6.54 Å². The lowest BCUT2D eigenvalue weighted by Crippen LogP contribution is -2.57. The quantitative estimate of drug-likeness (QED) is 0.856. The number of nitrogens with zero attached hydrogens (tertiary/aromatic N) is 1. The maximum absolute atomic E-state index is 12.3. The molecule has 1 fully saturated rings. The second kappa shape index (κ2) is 5.48. The van der Waals surface area contributed by atoms with Gasteiger partial charge in [0.1, 0.15) is 0 Å². The van der Waals surface area contributed by atoms with Gasteiger partial charge in [0, 0.05) is 12.4 Å². The van der Waals surface area contributed by atoms with Crippen LogP contribution in [0.4, 0.5) is 0 Å². The molecule has 98 valence electrons. The Morgan fingerprint density at radius 3 is 2.78 bits per heavy atom. The molecule has 0 radical (unpaired) electrons. The van der Waals surface area contributed by atoms with Crippen LogP contribution in [-0.2, 0) is 4.79 Å². The van der Waals surface area contributed by atoms with Crippen molar-refractivity contribution in [3.8, 4) is 0 Å². The van der Waals surface area contributed by atoms with Gasteiger partial charge < -0.3 is 10.6 Å². The van der Waals surface area contributed by atoms with Crippen molar-refractivity contribution in [2.24, 2.45) is 0 Å². The van der Waals surface area contributed by atoms with Crippen LogP contribution in [0.3, 0.4) is 0 Å². The van der Waals surface area contributed by atoms with E-state index in [4.69, 9.17) is 0 Å². The molecule has 4 heteroatoms. The van der Waals surface area contributed by atoms with Crippen LogP contribution < -0.4 is 10.6 Å². The first-order chi connectivity index (χ1) is 8.62. The van der Waals surface area contributed by atoms with Crippen LogP contribution in [0.2, 0.25) is 0 Å². The van der Waals surface area contributed by atoms with Crippen LogP contribution in [0, 0.1) is 0 Å². The summed E-state index contributed by atoms with van der Waals surface area (Å²) in [4.78, 5) is 16.3. The van der Waals surface area contributed by atoms with Crippen molar-refractivity contribution in [3.63, 3.8) is 0 Å². The van der Waals surface area contributed by atoms with Gasteiger partial charge in [-0.05, 0) is 57.4 Å². The molecule has 2 atom stereocenters. The van der Waals surface area contributed by atoms with Crippen molar-refractivity contribution in [2.45, 2.75) is 44.7 Å². The van der Waals surface area contributed by atoms with Crippen molar-refractivity contribution >= 4 is 5.91 Å². The Labute approximate surface area is 108 Å². The summed E-state index contributed by atoms with van der Waals surface area (Å²) in [5.41, 5.74) is 0.664. The monoisotopic (exact) mass is 247 g/mol. The summed E-state index contributed by atoms with van der Waals surface area (Å²) in [6.07, 6.45) is 6.67. The number of carbonyl (C=O) groups excluding carboxylic acids is 1. The molecule has 4 nitrogen and oxygen atoms in total. The largest absolute Gasteiger partial charge is 0.348 e. The smallest absolute Gasteiger partial charge is 0.240 e. The summed E-state index contributed by atoms with van der Waals surface area (Å²) in [5.74, 6) is 0.0894. The lowest BCUT2D eigenvalue weighted by atomic mass is 9.89. The topological polar surface area (TPSA) is 54.0 Å². The zero-order valence-electron chi connectivity index (χ0n) is 11.1. The SMILES string of the molecule is C[C@H](NC(=O)C1(C)CCCCN1)c1ccncc1. The average Bonchev–Trinajstić information content (AvgIpc) is 2.40. The zero-order valence-corrected chi connectivity index (χ0v) is 11.1. The Balaban J connectivity index is 1.98. The van der Waals surface area contributed by atoms with Crippen LogP contribution >= 0.6 is 0 Å². The molecule has 1 aromatic heterocycles. The van der Waals surface area contributed by atoms with Gasteiger partial charge in [-0.1, -0.05) is 0 Å². The lowest BCUT2D eigenvalue weighted by molar-refractivity contribution is -0.128. The number of piperidine rings is 1. The molecule has 0 aromatic carbocycles. The van der Waals surface area contributed by atoms with Gasteiger partial charge in [-0.3, -0.25) is 9.78 Å².